The molecule has 0 saturated carbocycles. The van der Waals surface area contributed by atoms with Crippen molar-refractivity contribution >= 4 is 5.96 Å². The molecule has 2 aromatic carbocycles. The van der Waals surface area contributed by atoms with Crippen molar-refractivity contribution in [2.45, 2.75) is 19.6 Å². The van der Waals surface area contributed by atoms with Crippen LogP contribution in [0.2, 0.25) is 0 Å². The van der Waals surface area contributed by atoms with Crippen LogP contribution in [-0.4, -0.2) is 71.9 Å². The summed E-state index contributed by atoms with van der Waals surface area (Å²) in [5.41, 5.74) is 3.91. The van der Waals surface area contributed by atoms with E-state index in [0.717, 1.165) is 64.9 Å². The fourth-order valence-corrected chi connectivity index (χ4v) is 4.20. The van der Waals surface area contributed by atoms with Crippen LogP contribution in [0.3, 0.4) is 0 Å². The first-order chi connectivity index (χ1) is 16.3. The van der Waals surface area contributed by atoms with Gasteiger partial charge in [-0.2, -0.15) is 5.10 Å². The van der Waals surface area contributed by atoms with Crippen molar-refractivity contribution in [1.82, 2.24) is 30.2 Å². The van der Waals surface area contributed by atoms with Crippen molar-refractivity contribution in [3.8, 4) is 0 Å². The summed E-state index contributed by atoms with van der Waals surface area (Å²) >= 11 is 0. The number of nitrogens with one attached hydrogen (secondary N) is 2. The Bertz CT molecular complexity index is 977. The molecule has 0 atom stereocenters. The summed E-state index contributed by atoms with van der Waals surface area (Å²) in [6, 6.07) is 21.2. The van der Waals surface area contributed by atoms with Gasteiger partial charge < -0.3 is 10.6 Å². The molecular formula is C26H35N7. The Kier molecular flexibility index (Phi) is 8.49. The number of piperazine rings is 1. The van der Waals surface area contributed by atoms with Crippen molar-refractivity contribution in [1.29, 1.82) is 0 Å². The number of aliphatic imine (C=N–C) groups is 1. The number of guanidine groups is 1. The molecule has 1 aliphatic heterocycles. The van der Waals surface area contributed by atoms with Gasteiger partial charge in [0.2, 0.25) is 0 Å². The normalized spacial score (nSPS) is 15.5. The number of hydrogen-bond donors (Lipinski definition) is 2. The molecule has 0 radical (unpaired) electrons. The van der Waals surface area contributed by atoms with Crippen LogP contribution in [0.4, 0.5) is 0 Å². The van der Waals surface area contributed by atoms with Crippen LogP contribution in [0.15, 0.2) is 78.0 Å². The third-order valence-corrected chi connectivity index (χ3v) is 6.11. The van der Waals surface area contributed by atoms with Gasteiger partial charge in [-0.25, -0.2) is 0 Å². The molecule has 174 valence electrons. The maximum Gasteiger partial charge on any atom is 0.191 e. The van der Waals surface area contributed by atoms with E-state index in [1.165, 1.54) is 16.7 Å². The standard InChI is InChI=1S/C26H35N7/c1-27-26(29-20-24-10-5-6-11-25(24)22-33-14-7-12-30-33)28-13-15-31-16-18-32(19-17-31)21-23-8-3-2-4-9-23/h2-12,14H,13,15-22H2,1H3,(H2,27,28,29). The van der Waals surface area contributed by atoms with Gasteiger partial charge in [-0.15, -0.1) is 0 Å². The van der Waals surface area contributed by atoms with E-state index in [2.05, 4.69) is 85.1 Å². The highest BCUT2D eigenvalue weighted by Crippen LogP contribution is 2.10. The SMILES string of the molecule is CN=C(NCCN1CCN(Cc2ccccc2)CC1)NCc1ccccc1Cn1cccn1. The van der Waals surface area contributed by atoms with Gasteiger partial charge in [0.05, 0.1) is 6.54 Å². The van der Waals surface area contributed by atoms with E-state index in [0.29, 0.717) is 0 Å². The minimum atomic E-state index is 0.731. The molecule has 33 heavy (non-hydrogen) atoms. The summed E-state index contributed by atoms with van der Waals surface area (Å²) in [7, 11) is 1.83. The zero-order chi connectivity index (χ0) is 22.7. The molecule has 0 unspecified atom stereocenters. The maximum atomic E-state index is 4.40. The van der Waals surface area contributed by atoms with Crippen LogP contribution >= 0.6 is 0 Å². The van der Waals surface area contributed by atoms with E-state index in [1.54, 1.807) is 0 Å². The second kappa shape index (κ2) is 12.2. The Balaban J connectivity index is 1.17. The number of benzene rings is 2. The highest BCUT2D eigenvalue weighted by molar-refractivity contribution is 5.79. The van der Waals surface area contributed by atoms with Crippen LogP contribution in [0.1, 0.15) is 16.7 Å². The third-order valence-electron chi connectivity index (χ3n) is 6.11. The molecule has 2 heterocycles. The van der Waals surface area contributed by atoms with E-state index >= 15 is 0 Å². The second-order valence-corrected chi connectivity index (χ2v) is 8.43. The van der Waals surface area contributed by atoms with Gasteiger partial charge in [-0.05, 0) is 22.8 Å². The lowest BCUT2D eigenvalue weighted by atomic mass is 10.1. The molecule has 0 aliphatic carbocycles. The zero-order valence-corrected chi connectivity index (χ0v) is 19.5. The van der Waals surface area contributed by atoms with Crippen LogP contribution in [0.5, 0.6) is 0 Å². The molecule has 2 N–H and O–H groups in total. The summed E-state index contributed by atoms with van der Waals surface area (Å²) in [5, 5.41) is 11.3. The summed E-state index contributed by atoms with van der Waals surface area (Å²) in [4.78, 5) is 9.47. The summed E-state index contributed by atoms with van der Waals surface area (Å²) in [6.07, 6.45) is 3.81. The van der Waals surface area contributed by atoms with Crippen molar-refractivity contribution in [2.24, 2.45) is 4.99 Å². The lowest BCUT2D eigenvalue weighted by molar-refractivity contribution is 0.129. The maximum absolute atomic E-state index is 4.40. The van der Waals surface area contributed by atoms with E-state index in [9.17, 15) is 0 Å². The second-order valence-electron chi connectivity index (χ2n) is 8.43. The first-order valence-corrected chi connectivity index (χ1v) is 11.8. The molecule has 1 fully saturated rings. The van der Waals surface area contributed by atoms with Crippen LogP contribution in [-0.2, 0) is 19.6 Å². The molecule has 0 spiro atoms. The topological polar surface area (TPSA) is 60.7 Å². The molecule has 0 amide bonds. The van der Waals surface area contributed by atoms with Gasteiger partial charge in [0, 0.05) is 71.8 Å². The van der Waals surface area contributed by atoms with Crippen LogP contribution in [0, 0.1) is 0 Å². The summed E-state index contributed by atoms with van der Waals surface area (Å²) in [5.74, 6) is 0.839. The number of rotatable bonds is 9. The minimum absolute atomic E-state index is 0.731. The van der Waals surface area contributed by atoms with Crippen molar-refractivity contribution in [2.75, 3.05) is 46.3 Å². The summed E-state index contributed by atoms with van der Waals surface area (Å²) < 4.78 is 1.95. The predicted molar refractivity (Wildman–Crippen MR) is 134 cm³/mol. The van der Waals surface area contributed by atoms with E-state index < -0.39 is 0 Å². The van der Waals surface area contributed by atoms with E-state index in [-0.39, 0.29) is 0 Å². The molecule has 3 aromatic rings. The van der Waals surface area contributed by atoms with Gasteiger partial charge >= 0.3 is 0 Å². The molecular weight excluding hydrogens is 410 g/mol. The van der Waals surface area contributed by atoms with Crippen molar-refractivity contribution in [3.05, 3.63) is 89.7 Å². The fourth-order valence-electron chi connectivity index (χ4n) is 4.20. The largest absolute Gasteiger partial charge is 0.355 e. The molecule has 1 aliphatic rings. The fraction of sp³-hybridized carbons (Fsp3) is 0.385. The molecule has 1 saturated heterocycles. The van der Waals surface area contributed by atoms with Gasteiger partial charge in [-0.1, -0.05) is 54.6 Å². The Morgan fingerprint density at radius 3 is 2.30 bits per heavy atom. The molecule has 0 bridgehead atoms. The van der Waals surface area contributed by atoms with Gasteiger partial charge in [0.1, 0.15) is 0 Å². The average Bonchev–Trinajstić information content (AvgIpc) is 3.37. The Labute approximate surface area is 197 Å². The van der Waals surface area contributed by atoms with E-state index in [4.69, 9.17) is 0 Å². The first-order valence-electron chi connectivity index (χ1n) is 11.8. The Morgan fingerprint density at radius 2 is 1.58 bits per heavy atom. The molecule has 7 heteroatoms. The molecule has 1 aromatic heterocycles. The molecule has 7 nitrogen and oxygen atoms in total. The van der Waals surface area contributed by atoms with Crippen molar-refractivity contribution < 1.29 is 0 Å². The van der Waals surface area contributed by atoms with Crippen LogP contribution < -0.4 is 10.6 Å². The monoisotopic (exact) mass is 445 g/mol. The zero-order valence-electron chi connectivity index (χ0n) is 19.5. The highest BCUT2D eigenvalue weighted by Gasteiger charge is 2.16. The smallest absolute Gasteiger partial charge is 0.191 e. The predicted octanol–water partition coefficient (Wildman–Crippen LogP) is 2.41. The quantitative estimate of drug-likeness (QED) is 0.391. The average molecular weight is 446 g/mol. The summed E-state index contributed by atoms with van der Waals surface area (Å²) in [6.45, 7) is 8.92. The minimum Gasteiger partial charge on any atom is -0.355 e. The van der Waals surface area contributed by atoms with Crippen LogP contribution in [0.25, 0.3) is 0 Å². The molecule has 4 rings (SSSR count). The highest BCUT2D eigenvalue weighted by atomic mass is 15.3. The van der Waals surface area contributed by atoms with Gasteiger partial charge in [-0.3, -0.25) is 19.5 Å². The Morgan fingerprint density at radius 1 is 0.848 bits per heavy atom. The lowest BCUT2D eigenvalue weighted by Crippen LogP contribution is -2.48. The third kappa shape index (κ3) is 7.17. The van der Waals surface area contributed by atoms with Crippen molar-refractivity contribution in [3.63, 3.8) is 0 Å². The lowest BCUT2D eigenvalue weighted by Gasteiger charge is -2.34. The number of hydrogen-bond acceptors (Lipinski definition) is 4. The van der Waals surface area contributed by atoms with E-state index in [1.807, 2.05) is 30.2 Å². The number of aromatic nitrogens is 2. The first kappa shape index (κ1) is 23.0. The van der Waals surface area contributed by atoms with Gasteiger partial charge in [0.15, 0.2) is 5.96 Å². The number of nitrogens with zero attached hydrogens (tertiary/aromatic N) is 5. The Hall–Kier alpha value is -3.16. The van der Waals surface area contributed by atoms with Gasteiger partial charge in [0.25, 0.3) is 0 Å².